The number of rotatable bonds is 4. The van der Waals surface area contributed by atoms with Gasteiger partial charge in [-0.3, -0.25) is 4.72 Å². The minimum Gasteiger partial charge on any atom is -0.280 e. The van der Waals surface area contributed by atoms with Crippen molar-refractivity contribution in [3.05, 3.63) is 71.5 Å². The molecule has 7 heteroatoms. The van der Waals surface area contributed by atoms with Crippen LogP contribution in [0.4, 0.5) is 5.69 Å². The van der Waals surface area contributed by atoms with Crippen molar-refractivity contribution in [2.24, 2.45) is 0 Å². The van der Waals surface area contributed by atoms with E-state index in [1.54, 1.807) is 59.4 Å². The minimum atomic E-state index is -3.59. The van der Waals surface area contributed by atoms with E-state index in [0.717, 1.165) is 10.2 Å². The molecule has 0 aliphatic heterocycles. The molecule has 3 aromatic rings. The molecule has 1 heterocycles. The highest BCUT2D eigenvalue weighted by atomic mass is 79.9. The van der Waals surface area contributed by atoms with Crippen molar-refractivity contribution >= 4 is 31.6 Å². The van der Waals surface area contributed by atoms with E-state index >= 15 is 0 Å². The van der Waals surface area contributed by atoms with Crippen LogP contribution in [0, 0.1) is 0 Å². The zero-order valence-corrected chi connectivity index (χ0v) is 13.8. The highest BCUT2D eigenvalue weighted by molar-refractivity contribution is 9.10. The standard InChI is InChI=1S/C15H12BrN3O2S/c16-12-2-8-15(9-3-12)22(20,21)18-13-4-6-14(7-5-13)19-11-1-10-17-19/h1-11,18H. The Morgan fingerprint density at radius 2 is 1.68 bits per heavy atom. The van der Waals surface area contributed by atoms with Crippen LogP contribution in [-0.2, 0) is 10.0 Å². The normalized spacial score (nSPS) is 11.3. The van der Waals surface area contributed by atoms with E-state index in [1.165, 1.54) is 0 Å². The molecule has 2 aromatic carbocycles. The van der Waals surface area contributed by atoms with Gasteiger partial charge < -0.3 is 0 Å². The summed E-state index contributed by atoms with van der Waals surface area (Å²) in [5.41, 5.74) is 1.36. The first-order valence-corrected chi connectivity index (χ1v) is 8.71. The Hall–Kier alpha value is -2.12. The molecule has 22 heavy (non-hydrogen) atoms. The van der Waals surface area contributed by atoms with Gasteiger partial charge in [0.05, 0.1) is 10.6 Å². The lowest BCUT2D eigenvalue weighted by Gasteiger charge is -2.09. The summed E-state index contributed by atoms with van der Waals surface area (Å²) in [6, 6.07) is 15.3. The van der Waals surface area contributed by atoms with Gasteiger partial charge in [0, 0.05) is 22.6 Å². The summed E-state index contributed by atoms with van der Waals surface area (Å²) >= 11 is 3.28. The molecular weight excluding hydrogens is 366 g/mol. The Morgan fingerprint density at radius 1 is 1.00 bits per heavy atom. The summed E-state index contributed by atoms with van der Waals surface area (Å²) in [6.07, 6.45) is 3.51. The Balaban J connectivity index is 1.82. The van der Waals surface area contributed by atoms with E-state index in [-0.39, 0.29) is 4.90 Å². The third-order valence-corrected chi connectivity index (χ3v) is 4.94. The van der Waals surface area contributed by atoms with Crippen molar-refractivity contribution in [1.82, 2.24) is 9.78 Å². The molecule has 0 aliphatic rings. The van der Waals surface area contributed by atoms with Gasteiger partial charge >= 0.3 is 0 Å². The van der Waals surface area contributed by atoms with Gasteiger partial charge in [-0.2, -0.15) is 5.10 Å². The molecule has 0 fully saturated rings. The van der Waals surface area contributed by atoms with Crippen molar-refractivity contribution < 1.29 is 8.42 Å². The van der Waals surface area contributed by atoms with Gasteiger partial charge in [0.25, 0.3) is 10.0 Å². The zero-order valence-electron chi connectivity index (χ0n) is 11.3. The second kappa shape index (κ2) is 5.94. The number of nitrogens with one attached hydrogen (secondary N) is 1. The fourth-order valence-corrected chi connectivity index (χ4v) is 3.25. The molecule has 0 spiro atoms. The number of nitrogens with zero attached hydrogens (tertiary/aromatic N) is 2. The summed E-state index contributed by atoms with van der Waals surface area (Å²) in [5, 5.41) is 4.12. The van der Waals surface area contributed by atoms with Gasteiger partial charge in [0.2, 0.25) is 0 Å². The lowest BCUT2D eigenvalue weighted by molar-refractivity contribution is 0.601. The molecule has 112 valence electrons. The van der Waals surface area contributed by atoms with E-state index in [9.17, 15) is 8.42 Å². The van der Waals surface area contributed by atoms with Crippen molar-refractivity contribution in [3.8, 4) is 5.69 Å². The summed E-state index contributed by atoms with van der Waals surface area (Å²) in [4.78, 5) is 0.215. The number of anilines is 1. The van der Waals surface area contributed by atoms with Gasteiger partial charge in [0.15, 0.2) is 0 Å². The van der Waals surface area contributed by atoms with Crippen LogP contribution in [0.15, 0.2) is 76.4 Å². The van der Waals surface area contributed by atoms with Crippen molar-refractivity contribution in [1.29, 1.82) is 0 Å². The minimum absolute atomic E-state index is 0.215. The maximum atomic E-state index is 12.3. The second-order valence-corrected chi connectivity index (χ2v) is 7.16. The first-order chi connectivity index (χ1) is 10.5. The van der Waals surface area contributed by atoms with Gasteiger partial charge in [-0.15, -0.1) is 0 Å². The fourth-order valence-electron chi connectivity index (χ4n) is 1.93. The van der Waals surface area contributed by atoms with E-state index in [0.29, 0.717) is 5.69 Å². The third-order valence-electron chi connectivity index (χ3n) is 3.01. The highest BCUT2D eigenvalue weighted by Crippen LogP contribution is 2.19. The molecule has 1 N–H and O–H groups in total. The second-order valence-electron chi connectivity index (χ2n) is 4.56. The number of hydrogen-bond donors (Lipinski definition) is 1. The van der Waals surface area contributed by atoms with Gasteiger partial charge in [-0.1, -0.05) is 15.9 Å². The average Bonchev–Trinajstić information content (AvgIpc) is 3.02. The van der Waals surface area contributed by atoms with Crippen molar-refractivity contribution in [3.63, 3.8) is 0 Å². The molecule has 0 saturated carbocycles. The maximum Gasteiger partial charge on any atom is 0.261 e. The van der Waals surface area contributed by atoms with Crippen LogP contribution in [0.1, 0.15) is 0 Å². The smallest absolute Gasteiger partial charge is 0.261 e. The average molecular weight is 378 g/mol. The lowest BCUT2D eigenvalue weighted by Crippen LogP contribution is -2.12. The lowest BCUT2D eigenvalue weighted by atomic mass is 10.3. The van der Waals surface area contributed by atoms with Crippen LogP contribution in [0.3, 0.4) is 0 Å². The molecule has 0 saturated heterocycles. The van der Waals surface area contributed by atoms with E-state index in [4.69, 9.17) is 0 Å². The Kier molecular flexibility index (Phi) is 4.00. The number of aromatic nitrogens is 2. The van der Waals surface area contributed by atoms with Gasteiger partial charge in [0.1, 0.15) is 0 Å². The van der Waals surface area contributed by atoms with Gasteiger partial charge in [-0.05, 0) is 54.6 Å². The quantitative estimate of drug-likeness (QED) is 0.757. The summed E-state index contributed by atoms with van der Waals surface area (Å²) in [7, 11) is -3.59. The van der Waals surface area contributed by atoms with Crippen LogP contribution >= 0.6 is 15.9 Å². The fraction of sp³-hybridized carbons (Fsp3) is 0. The van der Waals surface area contributed by atoms with Crippen LogP contribution in [0.5, 0.6) is 0 Å². The molecule has 0 amide bonds. The van der Waals surface area contributed by atoms with Crippen molar-refractivity contribution in [2.75, 3.05) is 4.72 Å². The largest absolute Gasteiger partial charge is 0.280 e. The predicted molar refractivity (Wildman–Crippen MR) is 88.5 cm³/mol. The molecule has 0 unspecified atom stereocenters. The summed E-state index contributed by atoms with van der Waals surface area (Å²) < 4.78 is 29.6. The van der Waals surface area contributed by atoms with E-state index in [2.05, 4.69) is 25.8 Å². The van der Waals surface area contributed by atoms with Crippen molar-refractivity contribution in [2.45, 2.75) is 4.90 Å². The molecular formula is C15H12BrN3O2S. The molecule has 0 radical (unpaired) electrons. The maximum absolute atomic E-state index is 12.3. The predicted octanol–water partition coefficient (Wildman–Crippen LogP) is 3.44. The molecule has 5 nitrogen and oxygen atoms in total. The Bertz CT molecular complexity index is 858. The monoisotopic (exact) mass is 377 g/mol. The zero-order chi connectivity index (χ0) is 15.6. The summed E-state index contributed by atoms with van der Waals surface area (Å²) in [6.45, 7) is 0. The third kappa shape index (κ3) is 3.20. The van der Waals surface area contributed by atoms with Crippen LogP contribution in [0.2, 0.25) is 0 Å². The molecule has 0 atom stereocenters. The SMILES string of the molecule is O=S(=O)(Nc1ccc(-n2cccn2)cc1)c1ccc(Br)cc1. The van der Waals surface area contributed by atoms with E-state index < -0.39 is 10.0 Å². The van der Waals surface area contributed by atoms with E-state index in [1.807, 2.05) is 12.3 Å². The first kappa shape index (κ1) is 14.8. The molecule has 0 aliphatic carbocycles. The highest BCUT2D eigenvalue weighted by Gasteiger charge is 2.13. The molecule has 0 bridgehead atoms. The number of sulfonamides is 1. The molecule has 3 rings (SSSR count). The van der Waals surface area contributed by atoms with Crippen LogP contribution in [-0.4, -0.2) is 18.2 Å². The number of hydrogen-bond acceptors (Lipinski definition) is 3. The topological polar surface area (TPSA) is 64.0 Å². The Morgan fingerprint density at radius 3 is 2.27 bits per heavy atom. The summed E-state index contributed by atoms with van der Waals surface area (Å²) in [5.74, 6) is 0. The van der Waals surface area contributed by atoms with Crippen LogP contribution in [0.25, 0.3) is 5.69 Å². The first-order valence-electron chi connectivity index (χ1n) is 6.43. The Labute approximate surface area is 136 Å². The van der Waals surface area contributed by atoms with Crippen LogP contribution < -0.4 is 4.72 Å². The number of benzene rings is 2. The van der Waals surface area contributed by atoms with Gasteiger partial charge in [-0.25, -0.2) is 13.1 Å². The molecule has 1 aromatic heterocycles. The number of halogens is 1.